The van der Waals surface area contributed by atoms with Crippen LogP contribution in [0.3, 0.4) is 0 Å². The second kappa shape index (κ2) is 8.36. The van der Waals surface area contributed by atoms with E-state index in [1.165, 1.54) is 0 Å². The number of unbranched alkanes of at least 4 members (excludes halogenated alkanes) is 1. The lowest BCUT2D eigenvalue weighted by molar-refractivity contribution is -0.143. The molecule has 0 unspecified atom stereocenters. The smallest absolute Gasteiger partial charge is 0.306 e. The van der Waals surface area contributed by atoms with E-state index < -0.39 is 0 Å². The van der Waals surface area contributed by atoms with Gasteiger partial charge in [0, 0.05) is 12.0 Å². The summed E-state index contributed by atoms with van der Waals surface area (Å²) in [7, 11) is 0. The summed E-state index contributed by atoms with van der Waals surface area (Å²) in [5.74, 6) is 5.94. The number of carbonyl (C=O) groups is 1. The minimum Gasteiger partial charge on any atom is -0.466 e. The van der Waals surface area contributed by atoms with Gasteiger partial charge in [-0.1, -0.05) is 43.4 Å². The molecule has 0 aromatic heterocycles. The van der Waals surface area contributed by atoms with Crippen LogP contribution in [0.1, 0.15) is 43.7 Å². The molecule has 1 aromatic carbocycles. The van der Waals surface area contributed by atoms with Crippen molar-refractivity contribution in [3.05, 3.63) is 35.4 Å². The summed E-state index contributed by atoms with van der Waals surface area (Å²) in [6.45, 7) is 4.63. The molecule has 0 fully saturated rings. The Balaban J connectivity index is 2.30. The lowest BCUT2D eigenvalue weighted by atomic mass is 10.1. The summed E-state index contributed by atoms with van der Waals surface area (Å²) in [6, 6.07) is 7.98. The third-order valence-electron chi connectivity index (χ3n) is 2.58. The fourth-order valence-electron chi connectivity index (χ4n) is 1.44. The second-order valence-corrected chi connectivity index (χ2v) is 4.19. The molecule has 0 aliphatic heterocycles. The van der Waals surface area contributed by atoms with Crippen LogP contribution < -0.4 is 0 Å². The number of ether oxygens (including phenoxy) is 1. The Kier molecular flexibility index (Phi) is 6.64. The minimum atomic E-state index is -0.150. The molecule has 0 amide bonds. The molecule has 0 atom stereocenters. The van der Waals surface area contributed by atoms with Crippen LogP contribution in [0.5, 0.6) is 0 Å². The number of aryl methyl sites for hydroxylation is 1. The van der Waals surface area contributed by atoms with E-state index in [1.54, 1.807) is 0 Å². The SMILES string of the molecule is CCCCOC(=O)CCC#Cc1ccccc1C. The molecule has 0 N–H and O–H groups in total. The van der Waals surface area contributed by atoms with Gasteiger partial charge in [-0.3, -0.25) is 4.79 Å². The molecular formula is C16H20O2. The Hall–Kier alpha value is -1.75. The maximum absolute atomic E-state index is 11.3. The van der Waals surface area contributed by atoms with Gasteiger partial charge in [0.1, 0.15) is 0 Å². The Morgan fingerprint density at radius 3 is 2.83 bits per heavy atom. The van der Waals surface area contributed by atoms with Crippen molar-refractivity contribution in [1.29, 1.82) is 0 Å². The van der Waals surface area contributed by atoms with Gasteiger partial charge in [-0.25, -0.2) is 0 Å². The van der Waals surface area contributed by atoms with Crippen LogP contribution >= 0.6 is 0 Å². The predicted octanol–water partition coefficient (Wildman–Crippen LogP) is 3.47. The van der Waals surface area contributed by atoms with Crippen molar-refractivity contribution in [2.45, 2.75) is 39.5 Å². The van der Waals surface area contributed by atoms with Crippen molar-refractivity contribution in [3.63, 3.8) is 0 Å². The number of hydrogen-bond donors (Lipinski definition) is 0. The Bertz CT molecular complexity index is 438. The first-order chi connectivity index (χ1) is 8.74. The Labute approximate surface area is 109 Å². The first kappa shape index (κ1) is 14.3. The van der Waals surface area contributed by atoms with Gasteiger partial charge in [-0.05, 0) is 25.0 Å². The van der Waals surface area contributed by atoms with Crippen LogP contribution in [0, 0.1) is 18.8 Å². The highest BCUT2D eigenvalue weighted by molar-refractivity contribution is 5.69. The van der Waals surface area contributed by atoms with Crippen LogP contribution in [0.15, 0.2) is 24.3 Å². The van der Waals surface area contributed by atoms with Gasteiger partial charge >= 0.3 is 5.97 Å². The van der Waals surface area contributed by atoms with Crippen LogP contribution in [0.25, 0.3) is 0 Å². The van der Waals surface area contributed by atoms with Crippen molar-refractivity contribution in [2.24, 2.45) is 0 Å². The monoisotopic (exact) mass is 244 g/mol. The van der Waals surface area contributed by atoms with Crippen molar-refractivity contribution in [1.82, 2.24) is 0 Å². The van der Waals surface area contributed by atoms with Crippen molar-refractivity contribution < 1.29 is 9.53 Å². The largest absolute Gasteiger partial charge is 0.466 e. The van der Waals surface area contributed by atoms with Gasteiger partial charge in [0.2, 0.25) is 0 Å². The minimum absolute atomic E-state index is 0.150. The molecular weight excluding hydrogens is 224 g/mol. The molecule has 2 nitrogen and oxygen atoms in total. The van der Waals surface area contributed by atoms with E-state index in [0.29, 0.717) is 19.4 Å². The van der Waals surface area contributed by atoms with E-state index >= 15 is 0 Å². The molecule has 0 saturated carbocycles. The van der Waals surface area contributed by atoms with Gasteiger partial charge in [-0.15, -0.1) is 0 Å². The van der Waals surface area contributed by atoms with Gasteiger partial charge in [-0.2, -0.15) is 0 Å². The van der Waals surface area contributed by atoms with E-state index in [-0.39, 0.29) is 5.97 Å². The van der Waals surface area contributed by atoms with Crippen molar-refractivity contribution >= 4 is 5.97 Å². The third-order valence-corrected chi connectivity index (χ3v) is 2.58. The maximum atomic E-state index is 11.3. The summed E-state index contributed by atoms with van der Waals surface area (Å²) in [5, 5.41) is 0. The molecule has 96 valence electrons. The average molecular weight is 244 g/mol. The zero-order valence-corrected chi connectivity index (χ0v) is 11.2. The number of hydrogen-bond acceptors (Lipinski definition) is 2. The summed E-state index contributed by atoms with van der Waals surface area (Å²) in [4.78, 5) is 11.3. The average Bonchev–Trinajstić information content (AvgIpc) is 2.37. The first-order valence-corrected chi connectivity index (χ1v) is 6.44. The molecule has 1 rings (SSSR count). The zero-order valence-electron chi connectivity index (χ0n) is 11.2. The number of carbonyl (C=O) groups excluding carboxylic acids is 1. The molecule has 1 aromatic rings. The fraction of sp³-hybridized carbons (Fsp3) is 0.438. The van der Waals surface area contributed by atoms with Gasteiger partial charge in [0.25, 0.3) is 0 Å². The summed E-state index contributed by atoms with van der Waals surface area (Å²) in [5.41, 5.74) is 2.19. The Morgan fingerprint density at radius 2 is 2.11 bits per heavy atom. The number of benzene rings is 1. The molecule has 0 radical (unpaired) electrons. The van der Waals surface area contributed by atoms with E-state index in [9.17, 15) is 4.79 Å². The molecule has 0 saturated heterocycles. The highest BCUT2D eigenvalue weighted by Gasteiger charge is 1.99. The fourth-order valence-corrected chi connectivity index (χ4v) is 1.44. The molecule has 0 spiro atoms. The highest BCUT2D eigenvalue weighted by Crippen LogP contribution is 2.04. The number of rotatable bonds is 5. The van der Waals surface area contributed by atoms with Crippen LogP contribution in [0.2, 0.25) is 0 Å². The van der Waals surface area contributed by atoms with E-state index in [0.717, 1.165) is 24.0 Å². The van der Waals surface area contributed by atoms with E-state index in [4.69, 9.17) is 4.74 Å². The van der Waals surface area contributed by atoms with Gasteiger partial charge < -0.3 is 4.74 Å². The van der Waals surface area contributed by atoms with Crippen molar-refractivity contribution in [3.8, 4) is 11.8 Å². The lowest BCUT2D eigenvalue weighted by Crippen LogP contribution is -2.04. The van der Waals surface area contributed by atoms with Crippen LogP contribution in [-0.4, -0.2) is 12.6 Å². The van der Waals surface area contributed by atoms with Gasteiger partial charge in [0.15, 0.2) is 0 Å². The second-order valence-electron chi connectivity index (χ2n) is 4.19. The molecule has 0 aliphatic carbocycles. The first-order valence-electron chi connectivity index (χ1n) is 6.44. The molecule has 2 heteroatoms. The normalized spacial score (nSPS) is 9.44. The summed E-state index contributed by atoms with van der Waals surface area (Å²) in [6.07, 6.45) is 2.91. The maximum Gasteiger partial charge on any atom is 0.306 e. The van der Waals surface area contributed by atoms with E-state index in [1.807, 2.05) is 31.2 Å². The summed E-state index contributed by atoms with van der Waals surface area (Å²) < 4.78 is 5.05. The standard InChI is InChI=1S/C16H20O2/c1-3-4-13-18-16(17)12-8-7-11-15-10-6-5-9-14(15)2/h5-6,9-10H,3-4,8,12-13H2,1-2H3. The molecule has 0 aliphatic rings. The highest BCUT2D eigenvalue weighted by atomic mass is 16.5. The van der Waals surface area contributed by atoms with E-state index in [2.05, 4.69) is 18.8 Å². The van der Waals surface area contributed by atoms with Crippen LogP contribution in [-0.2, 0) is 9.53 Å². The number of esters is 1. The Morgan fingerprint density at radius 1 is 1.33 bits per heavy atom. The zero-order chi connectivity index (χ0) is 13.2. The quantitative estimate of drug-likeness (QED) is 0.450. The topological polar surface area (TPSA) is 26.3 Å². The van der Waals surface area contributed by atoms with Crippen molar-refractivity contribution in [2.75, 3.05) is 6.61 Å². The van der Waals surface area contributed by atoms with Gasteiger partial charge in [0.05, 0.1) is 13.0 Å². The third kappa shape index (κ3) is 5.54. The predicted molar refractivity (Wildman–Crippen MR) is 73.2 cm³/mol. The lowest BCUT2D eigenvalue weighted by Gasteiger charge is -2.01. The molecule has 0 bridgehead atoms. The van der Waals surface area contributed by atoms with Crippen LogP contribution in [0.4, 0.5) is 0 Å². The molecule has 0 heterocycles. The summed E-state index contributed by atoms with van der Waals surface area (Å²) >= 11 is 0. The molecule has 18 heavy (non-hydrogen) atoms.